The molecule has 0 saturated carbocycles. The van der Waals surface area contributed by atoms with E-state index < -0.39 is 0 Å². The lowest BCUT2D eigenvalue weighted by atomic mass is 9.97. The molecule has 3 nitrogen and oxygen atoms in total. The first kappa shape index (κ1) is 15.8. The lowest BCUT2D eigenvalue weighted by Gasteiger charge is -2.11. The molecule has 3 rings (SSSR count). The van der Waals surface area contributed by atoms with Crippen LogP contribution < -0.4 is 11.1 Å². The normalized spacial score (nSPS) is 17.4. The van der Waals surface area contributed by atoms with Crippen LogP contribution in [-0.2, 0) is 11.3 Å². The minimum absolute atomic E-state index is 0.169. The number of allylic oxidation sites excluding steroid dienone is 1. The van der Waals surface area contributed by atoms with Gasteiger partial charge in [0.2, 0.25) is 0 Å². The fraction of sp³-hybridized carbons (Fsp3) is 0.111. The Morgan fingerprint density at radius 1 is 1.09 bits per heavy atom. The summed E-state index contributed by atoms with van der Waals surface area (Å²) in [6.07, 6.45) is 0. The average Bonchev–Trinajstić information content (AvgIpc) is 2.89. The minimum atomic E-state index is -0.173. The van der Waals surface area contributed by atoms with Crippen molar-refractivity contribution in [1.29, 1.82) is 0 Å². The molecule has 3 N–H and O–H groups in total. The minimum Gasteiger partial charge on any atom is -0.400 e. The first-order chi connectivity index (χ1) is 11.2. The maximum absolute atomic E-state index is 12.4. The summed E-state index contributed by atoms with van der Waals surface area (Å²) < 4.78 is 0.721. The standard InChI is InChI=1S/C18H16N2OS2/c19-15-14(13-9-5-2-6-10-13)18(22)23-16(15)17(21)20-11-12-7-3-1-4-8-12/h1-10,14H,11,19H2,(H,20,21). The molecule has 116 valence electrons. The summed E-state index contributed by atoms with van der Waals surface area (Å²) in [6.45, 7) is 0.472. The molecule has 23 heavy (non-hydrogen) atoms. The number of amides is 1. The Balaban J connectivity index is 1.75. The van der Waals surface area contributed by atoms with Gasteiger partial charge in [-0.05, 0) is 11.1 Å². The van der Waals surface area contributed by atoms with Crippen molar-refractivity contribution in [2.75, 3.05) is 0 Å². The molecule has 1 aliphatic heterocycles. The molecule has 0 saturated heterocycles. The van der Waals surface area contributed by atoms with Crippen LogP contribution in [0.3, 0.4) is 0 Å². The van der Waals surface area contributed by atoms with E-state index in [1.807, 2.05) is 60.7 Å². The van der Waals surface area contributed by atoms with Crippen LogP contribution in [0.15, 0.2) is 71.3 Å². The van der Waals surface area contributed by atoms with Crippen molar-refractivity contribution < 1.29 is 4.79 Å². The van der Waals surface area contributed by atoms with Gasteiger partial charge in [-0.15, -0.1) is 0 Å². The Hall–Kier alpha value is -2.11. The Morgan fingerprint density at radius 3 is 2.35 bits per heavy atom. The SMILES string of the molecule is NC1=C(C(=O)NCc2ccccc2)SC(=S)C1c1ccccc1. The lowest BCUT2D eigenvalue weighted by Crippen LogP contribution is -2.24. The van der Waals surface area contributed by atoms with Crippen LogP contribution in [-0.4, -0.2) is 10.1 Å². The van der Waals surface area contributed by atoms with Crippen molar-refractivity contribution in [2.24, 2.45) is 5.73 Å². The molecule has 0 spiro atoms. The van der Waals surface area contributed by atoms with E-state index in [0.717, 1.165) is 15.3 Å². The van der Waals surface area contributed by atoms with Crippen LogP contribution in [0.4, 0.5) is 0 Å². The van der Waals surface area contributed by atoms with Crippen LogP contribution in [0.1, 0.15) is 17.0 Å². The number of carbonyl (C=O) groups excluding carboxylic acids is 1. The molecule has 5 heteroatoms. The maximum Gasteiger partial charge on any atom is 0.260 e. The molecular formula is C18H16N2OS2. The third kappa shape index (κ3) is 3.46. The number of rotatable bonds is 4. The molecule has 1 atom stereocenters. The van der Waals surface area contributed by atoms with Gasteiger partial charge in [0.25, 0.3) is 5.91 Å². The molecule has 1 heterocycles. The highest BCUT2D eigenvalue weighted by Crippen LogP contribution is 2.41. The third-order valence-corrected chi connectivity index (χ3v) is 5.19. The van der Waals surface area contributed by atoms with Gasteiger partial charge in [-0.25, -0.2) is 0 Å². The van der Waals surface area contributed by atoms with Crippen molar-refractivity contribution in [2.45, 2.75) is 12.5 Å². The van der Waals surface area contributed by atoms with Gasteiger partial charge in [-0.2, -0.15) is 0 Å². The van der Waals surface area contributed by atoms with Gasteiger partial charge in [0.05, 0.1) is 15.0 Å². The monoisotopic (exact) mass is 340 g/mol. The Morgan fingerprint density at radius 2 is 1.70 bits per heavy atom. The Labute approximate surface area is 145 Å². The second-order valence-corrected chi connectivity index (χ2v) is 6.97. The van der Waals surface area contributed by atoms with E-state index in [1.54, 1.807) is 0 Å². The number of nitrogens with two attached hydrogens (primary N) is 1. The smallest absolute Gasteiger partial charge is 0.260 e. The molecule has 2 aromatic carbocycles. The molecule has 1 amide bonds. The highest BCUT2D eigenvalue weighted by Gasteiger charge is 2.33. The van der Waals surface area contributed by atoms with Crippen molar-refractivity contribution in [3.8, 4) is 0 Å². The summed E-state index contributed by atoms with van der Waals surface area (Å²) >= 11 is 6.73. The van der Waals surface area contributed by atoms with Crippen LogP contribution in [0.5, 0.6) is 0 Å². The van der Waals surface area contributed by atoms with Crippen LogP contribution in [0, 0.1) is 0 Å². The number of hydrogen-bond donors (Lipinski definition) is 2. The number of thiocarbonyl (C=S) groups is 1. The van der Waals surface area contributed by atoms with Crippen LogP contribution >= 0.6 is 24.0 Å². The fourth-order valence-corrected chi connectivity index (χ4v) is 3.97. The van der Waals surface area contributed by atoms with Crippen molar-refractivity contribution in [3.05, 3.63) is 82.4 Å². The van der Waals surface area contributed by atoms with E-state index in [4.69, 9.17) is 18.0 Å². The quantitative estimate of drug-likeness (QED) is 0.838. The molecule has 0 aliphatic carbocycles. The van der Waals surface area contributed by atoms with E-state index in [0.29, 0.717) is 17.1 Å². The summed E-state index contributed by atoms with van der Waals surface area (Å²) in [4.78, 5) is 12.9. The number of benzene rings is 2. The molecular weight excluding hydrogens is 324 g/mol. The van der Waals surface area contributed by atoms with Gasteiger partial charge < -0.3 is 11.1 Å². The fourth-order valence-electron chi connectivity index (χ4n) is 2.47. The number of thioether (sulfide) groups is 1. The van der Waals surface area contributed by atoms with E-state index in [-0.39, 0.29) is 11.8 Å². The zero-order valence-corrected chi connectivity index (χ0v) is 14.0. The van der Waals surface area contributed by atoms with Gasteiger partial charge in [0.15, 0.2) is 0 Å². The van der Waals surface area contributed by atoms with Gasteiger partial charge in [0, 0.05) is 12.2 Å². The highest BCUT2D eigenvalue weighted by atomic mass is 32.2. The van der Waals surface area contributed by atoms with Crippen molar-refractivity contribution in [3.63, 3.8) is 0 Å². The largest absolute Gasteiger partial charge is 0.400 e. The average molecular weight is 340 g/mol. The number of nitrogens with one attached hydrogen (secondary N) is 1. The van der Waals surface area contributed by atoms with Gasteiger partial charge in [-0.3, -0.25) is 4.79 Å². The summed E-state index contributed by atoms with van der Waals surface area (Å²) in [5, 5.41) is 2.91. The van der Waals surface area contributed by atoms with Crippen molar-refractivity contribution >= 4 is 34.1 Å². The molecule has 0 radical (unpaired) electrons. The summed E-state index contributed by atoms with van der Waals surface area (Å²) in [5.41, 5.74) is 8.83. The maximum atomic E-state index is 12.4. The van der Waals surface area contributed by atoms with E-state index >= 15 is 0 Å². The van der Waals surface area contributed by atoms with Crippen LogP contribution in [0.2, 0.25) is 0 Å². The van der Waals surface area contributed by atoms with E-state index in [9.17, 15) is 4.79 Å². The predicted molar refractivity (Wildman–Crippen MR) is 98.9 cm³/mol. The third-order valence-electron chi connectivity index (χ3n) is 3.65. The van der Waals surface area contributed by atoms with Crippen LogP contribution in [0.25, 0.3) is 0 Å². The molecule has 1 unspecified atom stereocenters. The van der Waals surface area contributed by atoms with Gasteiger partial charge in [-0.1, -0.05) is 84.6 Å². The van der Waals surface area contributed by atoms with E-state index in [2.05, 4.69) is 5.32 Å². The van der Waals surface area contributed by atoms with Gasteiger partial charge >= 0.3 is 0 Å². The first-order valence-corrected chi connectivity index (χ1v) is 8.47. The second kappa shape index (κ2) is 6.98. The highest BCUT2D eigenvalue weighted by molar-refractivity contribution is 8.26. The second-order valence-electron chi connectivity index (χ2n) is 5.22. The Kier molecular flexibility index (Phi) is 4.79. The molecule has 0 bridgehead atoms. The lowest BCUT2D eigenvalue weighted by molar-refractivity contribution is -0.117. The first-order valence-electron chi connectivity index (χ1n) is 7.25. The number of hydrogen-bond acceptors (Lipinski definition) is 4. The molecule has 1 aliphatic rings. The van der Waals surface area contributed by atoms with Crippen molar-refractivity contribution in [1.82, 2.24) is 5.32 Å². The summed E-state index contributed by atoms with van der Waals surface area (Å²) in [6, 6.07) is 19.6. The van der Waals surface area contributed by atoms with E-state index in [1.165, 1.54) is 11.8 Å². The molecule has 0 fully saturated rings. The zero-order valence-electron chi connectivity index (χ0n) is 12.4. The summed E-state index contributed by atoms with van der Waals surface area (Å²) in [5.74, 6) is -0.342. The topological polar surface area (TPSA) is 55.1 Å². The Bertz CT molecular complexity index is 757. The predicted octanol–water partition coefficient (Wildman–Crippen LogP) is 3.33. The zero-order chi connectivity index (χ0) is 16.2. The number of carbonyl (C=O) groups is 1. The van der Waals surface area contributed by atoms with Gasteiger partial charge in [0.1, 0.15) is 0 Å². The molecule has 0 aromatic heterocycles. The summed E-state index contributed by atoms with van der Waals surface area (Å²) in [7, 11) is 0. The molecule has 2 aromatic rings.